The second-order valence-electron chi connectivity index (χ2n) is 6.32. The third-order valence-corrected chi connectivity index (χ3v) is 4.17. The lowest BCUT2D eigenvalue weighted by Crippen LogP contribution is -2.08. The largest absolute Gasteiger partial charge is 0.423 e. The summed E-state index contributed by atoms with van der Waals surface area (Å²) in [6.45, 7) is 6.17. The maximum atomic E-state index is 13.1. The van der Waals surface area contributed by atoms with Crippen molar-refractivity contribution in [3.63, 3.8) is 0 Å². The van der Waals surface area contributed by atoms with Gasteiger partial charge in [-0.2, -0.15) is 18.2 Å². The second-order valence-corrected chi connectivity index (χ2v) is 6.32. The zero-order chi connectivity index (χ0) is 19.6. The van der Waals surface area contributed by atoms with Gasteiger partial charge in [-0.3, -0.25) is 4.99 Å². The molecule has 0 spiro atoms. The summed E-state index contributed by atoms with van der Waals surface area (Å²) < 4.78 is 44.9. The van der Waals surface area contributed by atoms with Gasteiger partial charge in [-0.15, -0.1) is 0 Å². The Hall–Kier alpha value is -2.83. The number of hydrogen-bond acceptors (Lipinski definition) is 4. The highest BCUT2D eigenvalue weighted by atomic mass is 19.4. The van der Waals surface area contributed by atoms with Gasteiger partial charge >= 0.3 is 6.18 Å². The number of aromatic nitrogens is 1. The van der Waals surface area contributed by atoms with Crippen molar-refractivity contribution in [1.82, 2.24) is 4.98 Å². The van der Waals surface area contributed by atoms with Crippen molar-refractivity contribution in [1.29, 1.82) is 0 Å². The minimum Gasteiger partial charge on any atom is -0.423 e. The standard InChI is InChI=1S/C20H20F3N3O/c1-4-9-24-13(3)14-6-8-17-18(10-14)27-19(26-17)25-15-7-5-12(2)16(11-15)20(21,22)23/h5-8,10-11H,4,9H2,1-3H3,(H,25,26)/b24-13+. The molecule has 7 heteroatoms. The SMILES string of the molecule is CCC/N=C(\C)c1ccc2nc(Nc3ccc(C)c(C(F)(F)F)c3)oc2c1. The van der Waals surface area contributed by atoms with Crippen LogP contribution in [-0.4, -0.2) is 17.2 Å². The number of oxazole rings is 1. The van der Waals surface area contributed by atoms with E-state index >= 15 is 0 Å². The lowest BCUT2D eigenvalue weighted by atomic mass is 10.1. The zero-order valence-electron chi connectivity index (χ0n) is 15.3. The average Bonchev–Trinajstić information content (AvgIpc) is 3.01. The van der Waals surface area contributed by atoms with E-state index in [2.05, 4.69) is 22.2 Å². The molecule has 0 atom stereocenters. The third kappa shape index (κ3) is 4.30. The Morgan fingerprint density at radius 2 is 1.96 bits per heavy atom. The molecule has 27 heavy (non-hydrogen) atoms. The van der Waals surface area contributed by atoms with E-state index in [4.69, 9.17) is 4.42 Å². The van der Waals surface area contributed by atoms with Gasteiger partial charge in [0.25, 0.3) is 6.01 Å². The smallest absolute Gasteiger partial charge is 0.416 e. The number of alkyl halides is 3. The first kappa shape index (κ1) is 18.9. The fourth-order valence-corrected chi connectivity index (χ4v) is 2.70. The molecule has 0 aliphatic carbocycles. The second kappa shape index (κ2) is 7.42. The van der Waals surface area contributed by atoms with Crippen LogP contribution < -0.4 is 5.32 Å². The van der Waals surface area contributed by atoms with Gasteiger partial charge in [0.1, 0.15) is 5.52 Å². The van der Waals surface area contributed by atoms with E-state index in [0.29, 0.717) is 11.1 Å². The van der Waals surface area contributed by atoms with Gasteiger partial charge in [-0.05, 0) is 55.7 Å². The van der Waals surface area contributed by atoms with Gasteiger partial charge in [-0.25, -0.2) is 0 Å². The summed E-state index contributed by atoms with van der Waals surface area (Å²) in [6.07, 6.45) is -3.44. The fourth-order valence-electron chi connectivity index (χ4n) is 2.70. The van der Waals surface area contributed by atoms with Crippen LogP contribution in [0.3, 0.4) is 0 Å². The highest BCUT2D eigenvalue weighted by Gasteiger charge is 2.32. The molecule has 0 unspecified atom stereocenters. The first-order chi connectivity index (χ1) is 12.8. The number of nitrogens with one attached hydrogen (secondary N) is 1. The Morgan fingerprint density at radius 3 is 2.67 bits per heavy atom. The Morgan fingerprint density at radius 1 is 1.19 bits per heavy atom. The molecule has 1 heterocycles. The summed E-state index contributed by atoms with van der Waals surface area (Å²) >= 11 is 0. The molecule has 0 aliphatic heterocycles. The summed E-state index contributed by atoms with van der Waals surface area (Å²) in [4.78, 5) is 8.75. The number of fused-ring (bicyclic) bond motifs is 1. The first-order valence-corrected chi connectivity index (χ1v) is 8.65. The monoisotopic (exact) mass is 375 g/mol. The molecular formula is C20H20F3N3O. The highest BCUT2D eigenvalue weighted by Crippen LogP contribution is 2.34. The summed E-state index contributed by atoms with van der Waals surface area (Å²) in [6, 6.07) is 9.71. The lowest BCUT2D eigenvalue weighted by molar-refractivity contribution is -0.138. The van der Waals surface area contributed by atoms with Crippen molar-refractivity contribution in [3.05, 3.63) is 53.1 Å². The molecule has 0 fully saturated rings. The quantitative estimate of drug-likeness (QED) is 0.547. The van der Waals surface area contributed by atoms with E-state index in [1.54, 1.807) is 12.1 Å². The van der Waals surface area contributed by atoms with Crippen molar-refractivity contribution in [3.8, 4) is 0 Å². The number of nitrogens with zero attached hydrogens (tertiary/aromatic N) is 2. The number of hydrogen-bond donors (Lipinski definition) is 1. The summed E-state index contributed by atoms with van der Waals surface area (Å²) in [5.41, 5.74) is 2.73. The van der Waals surface area contributed by atoms with Crippen molar-refractivity contribution in [2.75, 3.05) is 11.9 Å². The van der Waals surface area contributed by atoms with Gasteiger partial charge in [0.15, 0.2) is 5.58 Å². The van der Waals surface area contributed by atoms with Crippen LogP contribution in [0.15, 0.2) is 45.8 Å². The molecule has 0 amide bonds. The molecule has 0 saturated heterocycles. The average molecular weight is 375 g/mol. The van der Waals surface area contributed by atoms with Crippen LogP contribution in [0.25, 0.3) is 11.1 Å². The third-order valence-electron chi connectivity index (χ3n) is 4.17. The predicted molar refractivity (Wildman–Crippen MR) is 101 cm³/mol. The van der Waals surface area contributed by atoms with E-state index in [1.165, 1.54) is 13.0 Å². The molecule has 0 saturated carbocycles. The number of benzene rings is 2. The molecule has 2 aromatic carbocycles. The summed E-state index contributed by atoms with van der Waals surface area (Å²) in [7, 11) is 0. The van der Waals surface area contributed by atoms with Crippen LogP contribution in [0.2, 0.25) is 0 Å². The number of aryl methyl sites for hydroxylation is 1. The molecular weight excluding hydrogens is 355 g/mol. The Balaban J connectivity index is 1.88. The van der Waals surface area contributed by atoms with Crippen LogP contribution >= 0.6 is 0 Å². The van der Waals surface area contributed by atoms with E-state index in [-0.39, 0.29) is 17.3 Å². The molecule has 0 radical (unpaired) electrons. The van der Waals surface area contributed by atoms with E-state index in [1.807, 2.05) is 19.1 Å². The zero-order valence-corrected chi connectivity index (χ0v) is 15.3. The van der Waals surface area contributed by atoms with Crippen LogP contribution in [0.4, 0.5) is 24.9 Å². The van der Waals surface area contributed by atoms with Crippen molar-refractivity contribution in [2.45, 2.75) is 33.4 Å². The molecule has 0 aliphatic rings. The summed E-state index contributed by atoms with van der Waals surface area (Å²) in [5, 5.41) is 2.81. The highest BCUT2D eigenvalue weighted by molar-refractivity contribution is 6.01. The molecule has 142 valence electrons. The van der Waals surface area contributed by atoms with Crippen molar-refractivity contribution >= 4 is 28.5 Å². The van der Waals surface area contributed by atoms with Gasteiger partial charge in [0, 0.05) is 17.9 Å². The minimum atomic E-state index is -4.41. The molecule has 4 nitrogen and oxygen atoms in total. The maximum absolute atomic E-state index is 13.1. The van der Waals surface area contributed by atoms with Gasteiger partial charge in [0.2, 0.25) is 0 Å². The molecule has 1 N–H and O–H groups in total. The summed E-state index contributed by atoms with van der Waals surface area (Å²) in [5.74, 6) is 0. The predicted octanol–water partition coefficient (Wildman–Crippen LogP) is 6.12. The van der Waals surface area contributed by atoms with Gasteiger partial charge in [0.05, 0.1) is 5.56 Å². The number of anilines is 2. The van der Waals surface area contributed by atoms with Crippen LogP contribution in [0.1, 0.15) is 37.0 Å². The Labute approximate surface area is 155 Å². The normalized spacial score (nSPS) is 12.6. The Bertz CT molecular complexity index is 990. The van der Waals surface area contributed by atoms with Crippen LogP contribution in [0.5, 0.6) is 0 Å². The van der Waals surface area contributed by atoms with Crippen molar-refractivity contribution < 1.29 is 17.6 Å². The first-order valence-electron chi connectivity index (χ1n) is 8.65. The number of rotatable bonds is 5. The van der Waals surface area contributed by atoms with Crippen molar-refractivity contribution in [2.24, 2.45) is 4.99 Å². The van der Waals surface area contributed by atoms with Gasteiger partial charge in [-0.1, -0.05) is 19.1 Å². The van der Waals surface area contributed by atoms with Gasteiger partial charge < -0.3 is 9.73 Å². The fraction of sp³-hybridized carbons (Fsp3) is 0.300. The van der Waals surface area contributed by atoms with Crippen LogP contribution in [-0.2, 0) is 6.18 Å². The molecule has 0 bridgehead atoms. The van der Waals surface area contributed by atoms with E-state index in [0.717, 1.165) is 30.3 Å². The molecule has 3 rings (SSSR count). The minimum absolute atomic E-state index is 0.141. The van der Waals surface area contributed by atoms with E-state index < -0.39 is 11.7 Å². The number of halogens is 3. The van der Waals surface area contributed by atoms with Crippen LogP contribution in [0, 0.1) is 6.92 Å². The Kier molecular flexibility index (Phi) is 5.21. The molecule has 1 aromatic heterocycles. The molecule has 3 aromatic rings. The number of aliphatic imine (C=N–C) groups is 1. The lowest BCUT2D eigenvalue weighted by Gasteiger charge is -2.12. The topological polar surface area (TPSA) is 50.4 Å². The maximum Gasteiger partial charge on any atom is 0.416 e. The van der Waals surface area contributed by atoms with E-state index in [9.17, 15) is 13.2 Å².